The van der Waals surface area contributed by atoms with Crippen LogP contribution in [-0.2, 0) is 9.53 Å². The Balaban J connectivity index is 1.25. The quantitative estimate of drug-likeness (QED) is 0.214. The molecule has 33 heavy (non-hydrogen) atoms. The first kappa shape index (κ1) is 24.0. The zero-order valence-electron chi connectivity index (χ0n) is 18.8. The number of hydrogen-bond acceptors (Lipinski definition) is 7. The number of thiazole rings is 1. The Labute approximate surface area is 202 Å². The minimum atomic E-state index is -0.973. The lowest BCUT2D eigenvalue weighted by Gasteiger charge is -2.24. The molecule has 176 valence electrons. The summed E-state index contributed by atoms with van der Waals surface area (Å²) in [5.74, 6) is 1.76. The van der Waals surface area contributed by atoms with Crippen molar-refractivity contribution in [3.8, 4) is 5.75 Å². The summed E-state index contributed by atoms with van der Waals surface area (Å²) in [6, 6.07) is 14.4. The molecule has 0 bridgehead atoms. The molecule has 0 spiro atoms. The van der Waals surface area contributed by atoms with E-state index >= 15 is 0 Å². The number of fused-ring (bicyclic) bond motifs is 1. The van der Waals surface area contributed by atoms with E-state index in [1.54, 1.807) is 11.8 Å². The van der Waals surface area contributed by atoms with Gasteiger partial charge in [0.25, 0.3) is 0 Å². The van der Waals surface area contributed by atoms with Gasteiger partial charge in [0.1, 0.15) is 22.4 Å². The van der Waals surface area contributed by atoms with Gasteiger partial charge in [-0.2, -0.15) is 0 Å². The number of amides is 1. The molecule has 6 nitrogen and oxygen atoms in total. The summed E-state index contributed by atoms with van der Waals surface area (Å²) in [4.78, 5) is 18.8. The van der Waals surface area contributed by atoms with Gasteiger partial charge in [-0.25, -0.2) is 4.98 Å². The molecule has 2 atom stereocenters. The Morgan fingerprint density at radius 1 is 1.27 bits per heavy atom. The third kappa shape index (κ3) is 6.47. The number of aromatic nitrogens is 1. The summed E-state index contributed by atoms with van der Waals surface area (Å²) in [6.07, 6.45) is 2.35. The second-order valence-electron chi connectivity index (χ2n) is 8.06. The molecule has 1 fully saturated rings. The van der Waals surface area contributed by atoms with Crippen LogP contribution < -0.4 is 4.74 Å². The summed E-state index contributed by atoms with van der Waals surface area (Å²) in [7, 11) is 0. The zero-order chi connectivity index (χ0) is 23.0. The number of carbonyl (C=O) groups excluding carboxylic acids is 1. The minimum Gasteiger partial charge on any atom is -0.491 e. The van der Waals surface area contributed by atoms with Crippen LogP contribution in [0.5, 0.6) is 5.75 Å². The first-order valence-electron chi connectivity index (χ1n) is 11.4. The fraction of sp³-hybridized carbons (Fsp3) is 0.440. The molecule has 1 amide bonds. The van der Waals surface area contributed by atoms with Crippen molar-refractivity contribution in [1.29, 1.82) is 0 Å². The molecule has 4 rings (SSSR count). The van der Waals surface area contributed by atoms with Gasteiger partial charge in [-0.15, -0.1) is 11.3 Å². The Morgan fingerprint density at radius 2 is 2.12 bits per heavy atom. The monoisotopic (exact) mass is 486 g/mol. The van der Waals surface area contributed by atoms with E-state index in [4.69, 9.17) is 9.47 Å². The van der Waals surface area contributed by atoms with Crippen LogP contribution in [0.1, 0.15) is 44.6 Å². The van der Waals surface area contributed by atoms with E-state index in [1.807, 2.05) is 34.5 Å². The number of unbranched alkanes of at least 4 members (excludes halogenated alkanes) is 1. The zero-order valence-corrected chi connectivity index (χ0v) is 20.4. The highest BCUT2D eigenvalue weighted by atomic mass is 32.2. The van der Waals surface area contributed by atoms with E-state index in [9.17, 15) is 9.90 Å². The van der Waals surface area contributed by atoms with E-state index in [-0.39, 0.29) is 11.9 Å². The Hall–Kier alpha value is -2.13. The second kappa shape index (κ2) is 11.8. The fourth-order valence-corrected chi connectivity index (χ4v) is 5.68. The van der Waals surface area contributed by atoms with Crippen LogP contribution >= 0.6 is 23.1 Å². The summed E-state index contributed by atoms with van der Waals surface area (Å²) in [5, 5.41) is 14.3. The van der Waals surface area contributed by atoms with Crippen molar-refractivity contribution in [3.05, 3.63) is 53.5 Å². The summed E-state index contributed by atoms with van der Waals surface area (Å²) in [5.41, 5.74) is 0.553. The SMILES string of the molecule is CCCCOC(O)c1csc(SCCN2C(=O)CC[C@@H]2COc2ccc3ccccc3c2)n1. The van der Waals surface area contributed by atoms with E-state index in [2.05, 4.69) is 30.1 Å². The van der Waals surface area contributed by atoms with Crippen molar-refractivity contribution < 1.29 is 19.4 Å². The van der Waals surface area contributed by atoms with Crippen LogP contribution in [0.15, 0.2) is 52.2 Å². The number of nitrogens with zero attached hydrogens (tertiary/aromatic N) is 2. The molecule has 8 heteroatoms. The van der Waals surface area contributed by atoms with Gasteiger partial charge in [0.15, 0.2) is 6.29 Å². The molecule has 1 unspecified atom stereocenters. The molecule has 1 aliphatic heterocycles. The lowest BCUT2D eigenvalue weighted by atomic mass is 10.1. The third-order valence-corrected chi connectivity index (χ3v) is 7.72. The van der Waals surface area contributed by atoms with Crippen molar-refractivity contribution in [2.24, 2.45) is 0 Å². The van der Waals surface area contributed by atoms with Crippen molar-refractivity contribution in [2.45, 2.75) is 49.3 Å². The molecule has 1 aliphatic rings. The normalized spacial score (nSPS) is 17.1. The predicted molar refractivity (Wildman–Crippen MR) is 133 cm³/mol. The molecule has 0 radical (unpaired) electrons. The summed E-state index contributed by atoms with van der Waals surface area (Å²) in [6.45, 7) is 3.76. The lowest BCUT2D eigenvalue weighted by Crippen LogP contribution is -2.38. The molecule has 1 N–H and O–H groups in total. The maximum Gasteiger partial charge on any atom is 0.223 e. The average Bonchev–Trinajstić information content (AvgIpc) is 3.45. The Morgan fingerprint density at radius 3 is 2.97 bits per heavy atom. The van der Waals surface area contributed by atoms with Crippen molar-refractivity contribution >= 4 is 39.8 Å². The van der Waals surface area contributed by atoms with E-state index < -0.39 is 6.29 Å². The van der Waals surface area contributed by atoms with Gasteiger partial charge >= 0.3 is 0 Å². The van der Waals surface area contributed by atoms with Crippen molar-refractivity contribution in [2.75, 3.05) is 25.5 Å². The highest BCUT2D eigenvalue weighted by Crippen LogP contribution is 2.28. The minimum absolute atomic E-state index is 0.0882. The first-order valence-corrected chi connectivity index (χ1v) is 13.3. The lowest BCUT2D eigenvalue weighted by molar-refractivity contribution is -0.129. The van der Waals surface area contributed by atoms with Gasteiger partial charge in [-0.1, -0.05) is 55.4 Å². The largest absolute Gasteiger partial charge is 0.491 e. The number of benzene rings is 2. The van der Waals surface area contributed by atoms with Gasteiger partial charge in [0, 0.05) is 24.1 Å². The van der Waals surface area contributed by atoms with Gasteiger partial charge in [-0.05, 0) is 35.7 Å². The molecule has 2 aromatic carbocycles. The van der Waals surface area contributed by atoms with E-state index in [0.29, 0.717) is 31.9 Å². The first-order chi connectivity index (χ1) is 16.1. The molecule has 2 heterocycles. The Bertz CT molecular complexity index is 1060. The van der Waals surface area contributed by atoms with Crippen LogP contribution in [0.4, 0.5) is 0 Å². The second-order valence-corrected chi connectivity index (χ2v) is 10.3. The molecule has 1 aromatic heterocycles. The van der Waals surface area contributed by atoms with Crippen LogP contribution in [0.2, 0.25) is 0 Å². The number of hydrogen-bond donors (Lipinski definition) is 1. The third-order valence-electron chi connectivity index (χ3n) is 5.70. The van der Waals surface area contributed by atoms with Gasteiger partial charge in [0.2, 0.25) is 5.91 Å². The molecule has 1 saturated heterocycles. The number of aliphatic hydroxyl groups is 1. The standard InChI is InChI=1S/C25H30N2O4S2/c1-2-3-13-30-24(29)22-17-33-25(26-22)32-14-12-27-20(9-11-23(27)28)16-31-21-10-8-18-6-4-5-7-19(18)15-21/h4-8,10,15,17,20,24,29H,2-3,9,11-14,16H2,1H3/t20-,24?/m1/s1. The number of ether oxygens (including phenoxy) is 2. The topological polar surface area (TPSA) is 71.9 Å². The highest BCUT2D eigenvalue weighted by molar-refractivity contribution is 8.01. The van der Waals surface area contributed by atoms with Crippen LogP contribution in [0, 0.1) is 0 Å². The summed E-state index contributed by atoms with van der Waals surface area (Å²) >= 11 is 3.09. The molecular formula is C25H30N2O4S2. The number of rotatable bonds is 12. The van der Waals surface area contributed by atoms with Crippen LogP contribution in [0.25, 0.3) is 10.8 Å². The average molecular weight is 487 g/mol. The maximum absolute atomic E-state index is 12.4. The van der Waals surface area contributed by atoms with Crippen molar-refractivity contribution in [3.63, 3.8) is 0 Å². The van der Waals surface area contributed by atoms with Gasteiger partial charge in [0.05, 0.1) is 12.6 Å². The predicted octanol–water partition coefficient (Wildman–Crippen LogP) is 5.27. The highest BCUT2D eigenvalue weighted by Gasteiger charge is 2.31. The molecular weight excluding hydrogens is 456 g/mol. The maximum atomic E-state index is 12.4. The van der Waals surface area contributed by atoms with Gasteiger partial charge < -0.3 is 19.5 Å². The van der Waals surface area contributed by atoms with Gasteiger partial charge in [-0.3, -0.25) is 4.79 Å². The molecule has 0 saturated carbocycles. The van der Waals surface area contributed by atoms with E-state index in [1.165, 1.54) is 16.7 Å². The number of likely N-dealkylation sites (tertiary alicyclic amines) is 1. The summed E-state index contributed by atoms with van der Waals surface area (Å²) < 4.78 is 12.3. The van der Waals surface area contributed by atoms with Crippen LogP contribution in [0.3, 0.4) is 0 Å². The van der Waals surface area contributed by atoms with Crippen LogP contribution in [-0.4, -0.2) is 52.5 Å². The van der Waals surface area contributed by atoms with Crippen molar-refractivity contribution in [1.82, 2.24) is 9.88 Å². The Kier molecular flexibility index (Phi) is 8.61. The van der Waals surface area contributed by atoms with E-state index in [0.717, 1.165) is 40.5 Å². The number of aliphatic hydroxyl groups excluding tert-OH is 1. The molecule has 3 aromatic rings. The number of thioether (sulfide) groups is 1. The molecule has 0 aliphatic carbocycles. The smallest absolute Gasteiger partial charge is 0.223 e. The number of carbonyl (C=O) groups is 1. The fourth-order valence-electron chi connectivity index (χ4n) is 3.83.